The number of fused-ring (bicyclic) bond motifs is 3. The van der Waals surface area contributed by atoms with Gasteiger partial charge in [-0.15, -0.1) is 0 Å². The highest BCUT2D eigenvalue weighted by Crippen LogP contribution is 2.37. The Labute approximate surface area is 204 Å². The molecule has 4 heterocycles. The second kappa shape index (κ2) is 9.15. The van der Waals surface area contributed by atoms with E-state index in [9.17, 15) is 4.79 Å². The van der Waals surface area contributed by atoms with Gasteiger partial charge < -0.3 is 10.1 Å². The summed E-state index contributed by atoms with van der Waals surface area (Å²) >= 11 is 0. The lowest BCUT2D eigenvalue weighted by molar-refractivity contribution is -0.120. The molecule has 2 fully saturated rings. The number of benzene rings is 2. The lowest BCUT2D eigenvalue weighted by atomic mass is 9.97. The molecule has 0 aliphatic carbocycles. The van der Waals surface area contributed by atoms with E-state index >= 15 is 0 Å². The van der Waals surface area contributed by atoms with Crippen molar-refractivity contribution in [3.05, 3.63) is 72.6 Å². The maximum absolute atomic E-state index is 11.5. The van der Waals surface area contributed by atoms with Crippen LogP contribution in [-0.2, 0) is 11.3 Å². The van der Waals surface area contributed by atoms with Gasteiger partial charge in [-0.05, 0) is 85.8 Å². The maximum Gasteiger partial charge on any atom is 0.217 e. The normalized spacial score (nSPS) is 21.8. The Kier molecular flexibility index (Phi) is 5.70. The smallest absolute Gasteiger partial charge is 0.217 e. The Morgan fingerprint density at radius 1 is 1.03 bits per heavy atom. The van der Waals surface area contributed by atoms with Gasteiger partial charge in [0.25, 0.3) is 0 Å². The third-order valence-electron chi connectivity index (χ3n) is 7.26. The number of hydrogen-bond donors (Lipinski definition) is 2. The monoisotopic (exact) mass is 467 g/mol. The van der Waals surface area contributed by atoms with Crippen molar-refractivity contribution >= 4 is 16.8 Å². The van der Waals surface area contributed by atoms with E-state index in [2.05, 4.69) is 32.5 Å². The van der Waals surface area contributed by atoms with E-state index in [0.29, 0.717) is 18.1 Å². The fraction of sp³-hybridized carbons (Fsp3) is 0.321. The fourth-order valence-electron chi connectivity index (χ4n) is 5.68. The summed E-state index contributed by atoms with van der Waals surface area (Å²) in [6, 6.07) is 21.6. The molecule has 0 radical (unpaired) electrons. The van der Waals surface area contributed by atoms with Gasteiger partial charge in [-0.3, -0.25) is 19.8 Å². The highest BCUT2D eigenvalue weighted by Gasteiger charge is 2.40. The van der Waals surface area contributed by atoms with Crippen LogP contribution in [0.3, 0.4) is 0 Å². The predicted octanol–water partition coefficient (Wildman–Crippen LogP) is 5.05. The number of carbonyl (C=O) groups is 1. The number of pyridine rings is 1. The highest BCUT2D eigenvalue weighted by atomic mass is 16.5. The van der Waals surface area contributed by atoms with Gasteiger partial charge in [-0.25, -0.2) is 0 Å². The Morgan fingerprint density at radius 2 is 1.80 bits per heavy atom. The third kappa shape index (κ3) is 4.64. The van der Waals surface area contributed by atoms with Crippen molar-refractivity contribution in [2.45, 2.75) is 57.3 Å². The van der Waals surface area contributed by atoms with Crippen molar-refractivity contribution < 1.29 is 9.53 Å². The molecule has 7 nitrogen and oxygen atoms in total. The number of aromatic amines is 1. The van der Waals surface area contributed by atoms with Gasteiger partial charge in [0, 0.05) is 43.2 Å². The molecule has 0 spiro atoms. The highest BCUT2D eigenvalue weighted by molar-refractivity contribution is 5.80. The number of piperidine rings is 1. The Morgan fingerprint density at radius 3 is 2.51 bits per heavy atom. The molecule has 178 valence electrons. The minimum Gasteiger partial charge on any atom is -0.457 e. The molecule has 2 aromatic carbocycles. The maximum atomic E-state index is 11.5. The van der Waals surface area contributed by atoms with Crippen LogP contribution in [0.2, 0.25) is 0 Å². The minimum absolute atomic E-state index is 0.0774. The fourth-order valence-corrected chi connectivity index (χ4v) is 5.68. The van der Waals surface area contributed by atoms with E-state index in [4.69, 9.17) is 9.72 Å². The average Bonchev–Trinajstić information content (AvgIpc) is 3.46. The van der Waals surface area contributed by atoms with Gasteiger partial charge in [-0.1, -0.05) is 6.07 Å². The Hall–Kier alpha value is -3.71. The molecule has 2 saturated heterocycles. The first-order chi connectivity index (χ1) is 17.1. The molecular weight excluding hydrogens is 438 g/mol. The number of H-pyrrole nitrogens is 1. The molecule has 6 rings (SSSR count). The Bertz CT molecular complexity index is 1320. The van der Waals surface area contributed by atoms with E-state index in [1.807, 2.05) is 48.5 Å². The zero-order valence-corrected chi connectivity index (χ0v) is 19.8. The molecular formula is C28H29N5O2. The van der Waals surface area contributed by atoms with Gasteiger partial charge in [-0.2, -0.15) is 5.10 Å². The molecule has 3 atom stereocenters. The number of rotatable bonds is 6. The number of aromatic nitrogens is 3. The number of ether oxygens (including phenoxy) is 1. The SMILES string of the molecule is CC(=O)NC1C[C@H]2CC[C@@H](C1)N2Cc1ccc2cc(Oc3ccc(-c4ccn[nH]4)cc3)ccc2n1. The number of nitrogens with zero attached hydrogens (tertiary/aromatic N) is 3. The zero-order valence-electron chi connectivity index (χ0n) is 19.8. The summed E-state index contributed by atoms with van der Waals surface area (Å²) in [6.07, 6.45) is 6.23. The minimum atomic E-state index is 0.0774. The lowest BCUT2D eigenvalue weighted by Crippen LogP contribution is -2.49. The van der Waals surface area contributed by atoms with Crippen LogP contribution in [0.4, 0.5) is 0 Å². The quantitative estimate of drug-likeness (QED) is 0.415. The van der Waals surface area contributed by atoms with Crippen LogP contribution in [-0.4, -0.2) is 44.1 Å². The number of amides is 1. The molecule has 2 bridgehead atoms. The van der Waals surface area contributed by atoms with Crippen LogP contribution in [0.5, 0.6) is 11.5 Å². The molecule has 1 unspecified atom stereocenters. The zero-order chi connectivity index (χ0) is 23.8. The molecule has 7 heteroatoms. The second-order valence-electron chi connectivity index (χ2n) is 9.68. The predicted molar refractivity (Wildman–Crippen MR) is 135 cm³/mol. The molecule has 1 amide bonds. The van der Waals surface area contributed by atoms with Crippen LogP contribution >= 0.6 is 0 Å². The van der Waals surface area contributed by atoms with E-state index < -0.39 is 0 Å². The molecule has 4 aromatic rings. The largest absolute Gasteiger partial charge is 0.457 e. The summed E-state index contributed by atoms with van der Waals surface area (Å²) < 4.78 is 6.09. The average molecular weight is 468 g/mol. The first-order valence-electron chi connectivity index (χ1n) is 12.3. The van der Waals surface area contributed by atoms with Crippen LogP contribution < -0.4 is 10.1 Å². The van der Waals surface area contributed by atoms with Gasteiger partial charge in [0.2, 0.25) is 5.91 Å². The standard InChI is InChI=1S/C28H29N5O2/c1-18(34)30-22-15-23-6-7-24(16-22)33(23)17-21-5-2-20-14-26(10-11-27(20)31-21)35-25-8-3-19(4-9-25)28-12-13-29-32-28/h2-5,8-14,22-24H,6-7,15-17H2,1H3,(H,29,32)(H,30,34)/t22?,23-,24+. The van der Waals surface area contributed by atoms with Gasteiger partial charge >= 0.3 is 0 Å². The van der Waals surface area contributed by atoms with E-state index in [-0.39, 0.29) is 5.91 Å². The van der Waals surface area contributed by atoms with E-state index in [1.54, 1.807) is 13.1 Å². The van der Waals surface area contributed by atoms with E-state index in [1.165, 1.54) is 12.8 Å². The number of carbonyl (C=O) groups excluding carboxylic acids is 1. The summed E-state index contributed by atoms with van der Waals surface area (Å²) in [5.41, 5.74) is 4.12. The topological polar surface area (TPSA) is 83.1 Å². The summed E-state index contributed by atoms with van der Waals surface area (Å²) in [5, 5.41) is 11.2. The van der Waals surface area contributed by atoms with Gasteiger partial charge in [0.15, 0.2) is 0 Å². The number of hydrogen-bond acceptors (Lipinski definition) is 5. The Balaban J connectivity index is 1.13. The first-order valence-corrected chi connectivity index (χ1v) is 12.3. The molecule has 0 saturated carbocycles. The van der Waals surface area contributed by atoms with Crippen LogP contribution in [0.1, 0.15) is 38.3 Å². The summed E-state index contributed by atoms with van der Waals surface area (Å²) in [7, 11) is 0. The van der Waals surface area contributed by atoms with Crippen molar-refractivity contribution in [3.63, 3.8) is 0 Å². The van der Waals surface area contributed by atoms with Crippen molar-refractivity contribution in [1.29, 1.82) is 0 Å². The van der Waals surface area contributed by atoms with Crippen LogP contribution in [0.15, 0.2) is 66.9 Å². The second-order valence-corrected chi connectivity index (χ2v) is 9.68. The lowest BCUT2D eigenvalue weighted by Gasteiger charge is -2.38. The molecule has 2 aliphatic heterocycles. The van der Waals surface area contributed by atoms with Crippen LogP contribution in [0, 0.1) is 0 Å². The first kappa shape index (κ1) is 21.8. The molecule has 35 heavy (non-hydrogen) atoms. The van der Waals surface area contributed by atoms with Crippen LogP contribution in [0.25, 0.3) is 22.2 Å². The molecule has 2 aliphatic rings. The van der Waals surface area contributed by atoms with Gasteiger partial charge in [0.05, 0.1) is 16.9 Å². The van der Waals surface area contributed by atoms with Crippen molar-refractivity contribution in [3.8, 4) is 22.8 Å². The van der Waals surface area contributed by atoms with Crippen molar-refractivity contribution in [2.75, 3.05) is 0 Å². The van der Waals surface area contributed by atoms with E-state index in [0.717, 1.165) is 58.7 Å². The van der Waals surface area contributed by atoms with Crippen molar-refractivity contribution in [2.24, 2.45) is 0 Å². The number of nitrogens with one attached hydrogen (secondary N) is 2. The van der Waals surface area contributed by atoms with Crippen molar-refractivity contribution in [1.82, 2.24) is 25.4 Å². The summed E-state index contributed by atoms with van der Waals surface area (Å²) in [5.74, 6) is 1.66. The molecule has 2 aromatic heterocycles. The summed E-state index contributed by atoms with van der Waals surface area (Å²) in [4.78, 5) is 19.0. The molecule has 2 N–H and O–H groups in total. The summed E-state index contributed by atoms with van der Waals surface area (Å²) in [6.45, 7) is 2.47. The van der Waals surface area contributed by atoms with Gasteiger partial charge in [0.1, 0.15) is 11.5 Å². The third-order valence-corrected chi connectivity index (χ3v) is 7.26.